The molecular formula is C13H14BrClFN3. The molecule has 0 aliphatic rings. The molecular weight excluding hydrogens is 333 g/mol. The normalized spacial score (nSPS) is 12.7. The van der Waals surface area contributed by atoms with E-state index in [1.54, 1.807) is 16.8 Å². The maximum absolute atomic E-state index is 13.5. The van der Waals surface area contributed by atoms with E-state index in [0.29, 0.717) is 15.9 Å². The van der Waals surface area contributed by atoms with Crippen LogP contribution in [0.5, 0.6) is 0 Å². The lowest BCUT2D eigenvalue weighted by atomic mass is 10.0. The second kappa shape index (κ2) is 5.61. The van der Waals surface area contributed by atoms with Gasteiger partial charge in [0.25, 0.3) is 0 Å². The minimum atomic E-state index is -0.350. The Balaban J connectivity index is 2.31. The van der Waals surface area contributed by atoms with E-state index >= 15 is 0 Å². The second-order valence-corrected chi connectivity index (χ2v) is 5.59. The number of rotatable bonds is 3. The molecule has 2 N–H and O–H groups in total. The molecule has 2 rings (SSSR count). The second-order valence-electron chi connectivity index (χ2n) is 4.42. The molecule has 0 aliphatic heterocycles. The predicted octanol–water partition coefficient (Wildman–Crippen LogP) is 3.53. The number of hydrogen-bond acceptors (Lipinski definition) is 2. The molecule has 1 aromatic heterocycles. The molecule has 0 bridgehead atoms. The van der Waals surface area contributed by atoms with Crippen molar-refractivity contribution >= 4 is 27.5 Å². The first kappa shape index (κ1) is 14.5. The van der Waals surface area contributed by atoms with Crippen molar-refractivity contribution in [2.75, 3.05) is 0 Å². The quantitative estimate of drug-likeness (QED) is 0.924. The van der Waals surface area contributed by atoms with Crippen molar-refractivity contribution in [3.8, 4) is 0 Å². The summed E-state index contributed by atoms with van der Waals surface area (Å²) in [5, 5.41) is 4.86. The van der Waals surface area contributed by atoms with Gasteiger partial charge in [0.15, 0.2) is 0 Å². The molecule has 3 nitrogen and oxygen atoms in total. The third kappa shape index (κ3) is 2.83. The van der Waals surface area contributed by atoms with Gasteiger partial charge in [0.2, 0.25) is 0 Å². The number of hydrogen-bond donors (Lipinski definition) is 1. The van der Waals surface area contributed by atoms with E-state index in [1.165, 1.54) is 6.07 Å². The molecule has 102 valence electrons. The summed E-state index contributed by atoms with van der Waals surface area (Å²) in [6, 6.07) is 4.49. The average Bonchev–Trinajstić information content (AvgIpc) is 2.59. The Morgan fingerprint density at radius 2 is 2.21 bits per heavy atom. The summed E-state index contributed by atoms with van der Waals surface area (Å²) in [5.41, 5.74) is 8.48. The van der Waals surface area contributed by atoms with E-state index in [1.807, 2.05) is 14.0 Å². The van der Waals surface area contributed by atoms with Gasteiger partial charge < -0.3 is 5.73 Å². The minimum absolute atomic E-state index is 0.319. The summed E-state index contributed by atoms with van der Waals surface area (Å²) in [5.74, 6) is -0.319. The highest BCUT2D eigenvalue weighted by Gasteiger charge is 2.18. The standard InChI is InChI=1S/C13H14BrClFN3/c1-7-13(15)11(19(2)18-7)6-10(17)8-4-3-5-9(16)12(8)14/h3-5,10H,6,17H2,1-2H3. The molecule has 1 atom stereocenters. The van der Waals surface area contributed by atoms with Crippen molar-refractivity contribution in [2.24, 2.45) is 12.8 Å². The van der Waals surface area contributed by atoms with Crippen LogP contribution in [0.2, 0.25) is 5.02 Å². The molecule has 6 heteroatoms. The Labute approximate surface area is 124 Å². The number of aromatic nitrogens is 2. The molecule has 0 fully saturated rings. The van der Waals surface area contributed by atoms with Gasteiger partial charge in [-0.1, -0.05) is 23.7 Å². The van der Waals surface area contributed by atoms with E-state index < -0.39 is 0 Å². The average molecular weight is 347 g/mol. The zero-order valence-corrected chi connectivity index (χ0v) is 13.0. The lowest BCUT2D eigenvalue weighted by Gasteiger charge is -2.14. The van der Waals surface area contributed by atoms with Gasteiger partial charge in [0.05, 0.1) is 20.9 Å². The highest BCUT2D eigenvalue weighted by molar-refractivity contribution is 9.10. The van der Waals surface area contributed by atoms with Gasteiger partial charge in [0.1, 0.15) is 5.82 Å². The lowest BCUT2D eigenvalue weighted by Crippen LogP contribution is -2.16. The number of nitrogens with zero attached hydrogens (tertiary/aromatic N) is 2. The summed E-state index contributed by atoms with van der Waals surface area (Å²) in [7, 11) is 1.82. The molecule has 0 saturated carbocycles. The fraction of sp³-hybridized carbons (Fsp3) is 0.308. The largest absolute Gasteiger partial charge is 0.324 e. The van der Waals surface area contributed by atoms with Gasteiger partial charge in [-0.3, -0.25) is 4.68 Å². The molecule has 0 aliphatic carbocycles. The van der Waals surface area contributed by atoms with Crippen LogP contribution in [0.15, 0.2) is 22.7 Å². The summed E-state index contributed by atoms with van der Waals surface area (Å²) < 4.78 is 15.6. The van der Waals surface area contributed by atoms with Crippen molar-refractivity contribution < 1.29 is 4.39 Å². The molecule has 0 spiro atoms. The monoisotopic (exact) mass is 345 g/mol. The predicted molar refractivity (Wildman–Crippen MR) is 77.7 cm³/mol. The Morgan fingerprint density at radius 3 is 2.79 bits per heavy atom. The highest BCUT2D eigenvalue weighted by Crippen LogP contribution is 2.29. The Morgan fingerprint density at radius 1 is 1.53 bits per heavy atom. The molecule has 19 heavy (non-hydrogen) atoms. The Hall–Kier alpha value is -0.910. The third-order valence-electron chi connectivity index (χ3n) is 3.06. The van der Waals surface area contributed by atoms with Crippen molar-refractivity contribution in [2.45, 2.75) is 19.4 Å². The van der Waals surface area contributed by atoms with Crippen LogP contribution in [0.4, 0.5) is 4.39 Å². The van der Waals surface area contributed by atoms with Crippen LogP contribution in [-0.4, -0.2) is 9.78 Å². The smallest absolute Gasteiger partial charge is 0.137 e. The first-order chi connectivity index (χ1) is 8.91. The molecule has 0 amide bonds. The molecule has 2 aromatic rings. The van der Waals surface area contributed by atoms with Gasteiger partial charge in [-0.05, 0) is 34.5 Å². The maximum Gasteiger partial charge on any atom is 0.137 e. The van der Waals surface area contributed by atoms with Crippen molar-refractivity contribution in [3.63, 3.8) is 0 Å². The highest BCUT2D eigenvalue weighted by atomic mass is 79.9. The van der Waals surface area contributed by atoms with Crippen LogP contribution >= 0.6 is 27.5 Å². The molecule has 1 aromatic carbocycles. The fourth-order valence-electron chi connectivity index (χ4n) is 2.03. The topological polar surface area (TPSA) is 43.8 Å². The van der Waals surface area contributed by atoms with Gasteiger partial charge >= 0.3 is 0 Å². The van der Waals surface area contributed by atoms with Crippen LogP contribution < -0.4 is 5.73 Å². The van der Waals surface area contributed by atoms with E-state index in [9.17, 15) is 4.39 Å². The van der Waals surface area contributed by atoms with Crippen molar-refractivity contribution in [1.82, 2.24) is 9.78 Å². The van der Waals surface area contributed by atoms with Crippen LogP contribution in [0.25, 0.3) is 0 Å². The number of benzene rings is 1. The van der Waals surface area contributed by atoms with Crippen LogP contribution in [-0.2, 0) is 13.5 Å². The summed E-state index contributed by atoms with van der Waals surface area (Å²) >= 11 is 9.42. The Kier molecular flexibility index (Phi) is 4.28. The summed E-state index contributed by atoms with van der Waals surface area (Å²) in [6.07, 6.45) is 0.498. The zero-order chi connectivity index (χ0) is 14.2. The van der Waals surface area contributed by atoms with Crippen LogP contribution in [0, 0.1) is 12.7 Å². The van der Waals surface area contributed by atoms with Crippen LogP contribution in [0.3, 0.4) is 0 Å². The van der Waals surface area contributed by atoms with Crippen molar-refractivity contribution in [1.29, 1.82) is 0 Å². The SMILES string of the molecule is Cc1nn(C)c(CC(N)c2cccc(F)c2Br)c1Cl. The van der Waals surface area contributed by atoms with Crippen molar-refractivity contribution in [3.05, 3.63) is 50.5 Å². The first-order valence-corrected chi connectivity index (χ1v) is 6.96. The minimum Gasteiger partial charge on any atom is -0.324 e. The van der Waals surface area contributed by atoms with Gasteiger partial charge in [-0.15, -0.1) is 0 Å². The molecule has 0 saturated heterocycles. The van der Waals surface area contributed by atoms with E-state index in [4.69, 9.17) is 17.3 Å². The molecule has 1 heterocycles. The number of aryl methyl sites for hydroxylation is 2. The molecule has 0 radical (unpaired) electrons. The van der Waals surface area contributed by atoms with Gasteiger partial charge in [0, 0.05) is 19.5 Å². The van der Waals surface area contributed by atoms with Gasteiger partial charge in [-0.2, -0.15) is 5.10 Å². The van der Waals surface area contributed by atoms with Crippen LogP contribution in [0.1, 0.15) is 23.0 Å². The summed E-state index contributed by atoms with van der Waals surface area (Å²) in [6.45, 7) is 1.84. The number of halogens is 3. The lowest BCUT2D eigenvalue weighted by molar-refractivity contribution is 0.602. The number of nitrogens with two attached hydrogens (primary N) is 1. The van der Waals surface area contributed by atoms with E-state index in [-0.39, 0.29) is 11.9 Å². The van der Waals surface area contributed by atoms with E-state index in [2.05, 4.69) is 21.0 Å². The third-order valence-corrected chi connectivity index (χ3v) is 4.38. The van der Waals surface area contributed by atoms with Gasteiger partial charge in [-0.25, -0.2) is 4.39 Å². The first-order valence-electron chi connectivity index (χ1n) is 5.79. The molecule has 1 unspecified atom stereocenters. The zero-order valence-electron chi connectivity index (χ0n) is 10.6. The van der Waals surface area contributed by atoms with E-state index in [0.717, 1.165) is 17.0 Å². The fourth-order valence-corrected chi connectivity index (χ4v) is 2.82. The Bertz CT molecular complexity index is 612. The summed E-state index contributed by atoms with van der Waals surface area (Å²) in [4.78, 5) is 0. The maximum atomic E-state index is 13.5.